The van der Waals surface area contributed by atoms with Gasteiger partial charge < -0.3 is 25.1 Å². The molecule has 28 heavy (non-hydrogen) atoms. The number of nitrogens with zero attached hydrogens (tertiary/aromatic N) is 6. The molecule has 1 saturated heterocycles. The molecule has 2 N–H and O–H groups in total. The van der Waals surface area contributed by atoms with Crippen LogP contribution in [0.15, 0.2) is 30.7 Å². The number of aromatic nitrogens is 3. The number of anilines is 3. The minimum atomic E-state index is -0.311. The van der Waals surface area contributed by atoms with Crippen molar-refractivity contribution in [3.8, 4) is 0 Å². The van der Waals surface area contributed by atoms with Crippen molar-refractivity contribution in [1.29, 1.82) is 0 Å². The summed E-state index contributed by atoms with van der Waals surface area (Å²) in [6.45, 7) is 2.27. The molecule has 0 radical (unpaired) electrons. The summed E-state index contributed by atoms with van der Waals surface area (Å²) >= 11 is 0. The molecule has 2 atom stereocenters. The van der Waals surface area contributed by atoms with Crippen molar-refractivity contribution < 1.29 is 5.11 Å². The van der Waals surface area contributed by atoms with Crippen molar-refractivity contribution in [3.05, 3.63) is 36.3 Å². The Hall–Kier alpha value is -2.45. The lowest BCUT2D eigenvalue weighted by atomic mass is 10.2. The lowest BCUT2D eigenvalue weighted by Crippen LogP contribution is -2.38. The van der Waals surface area contributed by atoms with Crippen LogP contribution in [0.4, 0.5) is 17.5 Å². The molecule has 0 amide bonds. The summed E-state index contributed by atoms with van der Waals surface area (Å²) in [5.74, 6) is 2.61. The molecule has 3 rings (SSSR count). The fraction of sp³-hybridized carbons (Fsp3) is 0.550. The van der Waals surface area contributed by atoms with Gasteiger partial charge in [0.15, 0.2) is 0 Å². The Morgan fingerprint density at radius 2 is 2.00 bits per heavy atom. The molecule has 0 aliphatic carbocycles. The van der Waals surface area contributed by atoms with Gasteiger partial charge in [-0.1, -0.05) is 6.07 Å². The highest BCUT2D eigenvalue weighted by Crippen LogP contribution is 2.25. The van der Waals surface area contributed by atoms with Crippen LogP contribution in [-0.4, -0.2) is 84.9 Å². The third kappa shape index (κ3) is 5.30. The number of β-amino-alcohol motifs (C(OH)–C–C–N with tert-alkyl or cyclic N) is 1. The summed E-state index contributed by atoms with van der Waals surface area (Å²) in [6, 6.07) is 6.36. The van der Waals surface area contributed by atoms with Crippen LogP contribution < -0.4 is 15.1 Å². The van der Waals surface area contributed by atoms with Crippen molar-refractivity contribution in [2.24, 2.45) is 0 Å². The average molecular weight is 386 g/mol. The van der Waals surface area contributed by atoms with Crippen LogP contribution in [0.3, 0.4) is 0 Å². The number of hydrogen-bond acceptors (Lipinski definition) is 8. The molecule has 2 aromatic heterocycles. The first-order chi connectivity index (χ1) is 13.4. The maximum Gasteiger partial charge on any atom is 0.134 e. The van der Waals surface area contributed by atoms with Crippen molar-refractivity contribution in [2.75, 3.05) is 62.9 Å². The first-order valence-electron chi connectivity index (χ1n) is 9.70. The highest BCUT2D eigenvalue weighted by Gasteiger charge is 2.32. The van der Waals surface area contributed by atoms with Gasteiger partial charge in [-0.2, -0.15) is 0 Å². The zero-order valence-electron chi connectivity index (χ0n) is 17.2. The van der Waals surface area contributed by atoms with Crippen molar-refractivity contribution in [3.63, 3.8) is 0 Å². The number of aliphatic hydroxyl groups is 1. The second-order valence-corrected chi connectivity index (χ2v) is 7.82. The third-order valence-electron chi connectivity index (χ3n) is 4.90. The number of pyridine rings is 1. The van der Waals surface area contributed by atoms with E-state index >= 15 is 0 Å². The van der Waals surface area contributed by atoms with E-state index in [1.165, 1.54) is 5.56 Å². The summed E-state index contributed by atoms with van der Waals surface area (Å²) < 4.78 is 0. The molecule has 0 spiro atoms. The van der Waals surface area contributed by atoms with Crippen LogP contribution >= 0.6 is 0 Å². The number of nitrogens with one attached hydrogen (secondary N) is 1. The van der Waals surface area contributed by atoms with E-state index < -0.39 is 0 Å². The van der Waals surface area contributed by atoms with Gasteiger partial charge >= 0.3 is 0 Å². The highest BCUT2D eigenvalue weighted by molar-refractivity contribution is 5.50. The van der Waals surface area contributed by atoms with Crippen LogP contribution in [0.1, 0.15) is 12.0 Å². The maximum atomic E-state index is 10.1. The predicted molar refractivity (Wildman–Crippen MR) is 113 cm³/mol. The SMILES string of the molecule is CN(C)C[C@H]1C[C@@H](O)CN1c1cc(NCCc2ccc(N(C)C)nc2)ncn1. The fourth-order valence-corrected chi connectivity index (χ4v) is 3.53. The van der Waals surface area contributed by atoms with Crippen LogP contribution in [-0.2, 0) is 6.42 Å². The largest absolute Gasteiger partial charge is 0.391 e. The molecule has 1 aliphatic heterocycles. The lowest BCUT2D eigenvalue weighted by Gasteiger charge is -2.27. The average Bonchev–Trinajstić information content (AvgIpc) is 3.02. The topological polar surface area (TPSA) is 80.7 Å². The Labute approximate surface area is 167 Å². The summed E-state index contributed by atoms with van der Waals surface area (Å²) in [7, 11) is 8.07. The van der Waals surface area contributed by atoms with Gasteiger partial charge in [0.25, 0.3) is 0 Å². The second kappa shape index (κ2) is 9.16. The molecular formula is C20H31N7O. The Bertz CT molecular complexity index is 750. The second-order valence-electron chi connectivity index (χ2n) is 7.82. The fourth-order valence-electron chi connectivity index (χ4n) is 3.53. The summed E-state index contributed by atoms with van der Waals surface area (Å²) in [4.78, 5) is 19.5. The standard InChI is InChI=1S/C20H31N7O/c1-25(2)12-16-9-17(28)13-27(16)20-10-18(23-14-24-20)21-8-7-15-5-6-19(22-11-15)26(3)4/h5-6,10-11,14,16-17,28H,7-9,12-13H2,1-4H3,(H,21,23,24)/t16-,17-/m1/s1. The predicted octanol–water partition coefficient (Wildman–Crippen LogP) is 1.09. The van der Waals surface area contributed by atoms with Gasteiger partial charge in [0, 0.05) is 52.0 Å². The van der Waals surface area contributed by atoms with Gasteiger partial charge in [0.05, 0.1) is 6.10 Å². The monoisotopic (exact) mass is 385 g/mol. The van der Waals surface area contributed by atoms with Gasteiger partial charge in [-0.15, -0.1) is 0 Å². The molecule has 0 saturated carbocycles. The van der Waals surface area contributed by atoms with Crippen LogP contribution in [0.5, 0.6) is 0 Å². The van der Waals surface area contributed by atoms with Crippen molar-refractivity contribution in [1.82, 2.24) is 19.9 Å². The van der Waals surface area contributed by atoms with Crippen LogP contribution in [0, 0.1) is 0 Å². The van der Waals surface area contributed by atoms with E-state index in [1.54, 1.807) is 6.33 Å². The summed E-state index contributed by atoms with van der Waals surface area (Å²) in [6.07, 6.45) is 4.82. The summed E-state index contributed by atoms with van der Waals surface area (Å²) in [5, 5.41) is 13.5. The van der Waals surface area contributed by atoms with E-state index in [2.05, 4.69) is 50.2 Å². The molecule has 0 aromatic carbocycles. The molecule has 0 bridgehead atoms. The first kappa shape index (κ1) is 20.3. The van der Waals surface area contributed by atoms with E-state index in [1.807, 2.05) is 37.3 Å². The maximum absolute atomic E-state index is 10.1. The molecule has 8 heteroatoms. The molecule has 1 fully saturated rings. The van der Waals surface area contributed by atoms with E-state index in [-0.39, 0.29) is 12.1 Å². The normalized spacial score (nSPS) is 19.3. The molecule has 8 nitrogen and oxygen atoms in total. The quantitative estimate of drug-likeness (QED) is 0.699. The van der Waals surface area contributed by atoms with Crippen LogP contribution in [0.25, 0.3) is 0 Å². The highest BCUT2D eigenvalue weighted by atomic mass is 16.3. The minimum Gasteiger partial charge on any atom is -0.391 e. The summed E-state index contributed by atoms with van der Waals surface area (Å²) in [5.41, 5.74) is 1.18. The van der Waals surface area contributed by atoms with Gasteiger partial charge in [-0.25, -0.2) is 15.0 Å². The molecule has 3 heterocycles. The van der Waals surface area contributed by atoms with Crippen LogP contribution in [0.2, 0.25) is 0 Å². The Morgan fingerprint density at radius 1 is 1.18 bits per heavy atom. The zero-order valence-corrected chi connectivity index (χ0v) is 17.2. The van der Waals surface area contributed by atoms with Gasteiger partial charge in [0.1, 0.15) is 23.8 Å². The molecule has 152 valence electrons. The number of aliphatic hydroxyl groups excluding tert-OH is 1. The third-order valence-corrected chi connectivity index (χ3v) is 4.90. The lowest BCUT2D eigenvalue weighted by molar-refractivity contribution is 0.191. The van der Waals surface area contributed by atoms with E-state index in [0.29, 0.717) is 6.54 Å². The molecule has 1 aliphatic rings. The van der Waals surface area contributed by atoms with E-state index in [4.69, 9.17) is 0 Å². The van der Waals surface area contributed by atoms with Crippen molar-refractivity contribution >= 4 is 17.5 Å². The minimum absolute atomic E-state index is 0.258. The van der Waals surface area contributed by atoms with Crippen molar-refractivity contribution in [2.45, 2.75) is 25.0 Å². The Morgan fingerprint density at radius 3 is 2.68 bits per heavy atom. The van der Waals surface area contributed by atoms with Gasteiger partial charge in [-0.05, 0) is 38.6 Å². The number of likely N-dealkylation sites (N-methyl/N-ethyl adjacent to an activating group) is 1. The Balaban J connectivity index is 1.58. The first-order valence-corrected chi connectivity index (χ1v) is 9.70. The molecular weight excluding hydrogens is 354 g/mol. The molecule has 2 aromatic rings. The van der Waals surface area contributed by atoms with Gasteiger partial charge in [0.2, 0.25) is 0 Å². The van der Waals surface area contributed by atoms with Gasteiger partial charge in [-0.3, -0.25) is 0 Å². The number of rotatable bonds is 8. The number of hydrogen-bond donors (Lipinski definition) is 2. The smallest absolute Gasteiger partial charge is 0.134 e. The zero-order chi connectivity index (χ0) is 20.1. The Kier molecular flexibility index (Phi) is 6.64. The van der Waals surface area contributed by atoms with E-state index in [0.717, 1.165) is 43.4 Å². The van der Waals surface area contributed by atoms with E-state index in [9.17, 15) is 5.11 Å². The molecule has 0 unspecified atom stereocenters.